The highest BCUT2D eigenvalue weighted by atomic mass is 16.5. The quantitative estimate of drug-likeness (QED) is 0.717. The summed E-state index contributed by atoms with van der Waals surface area (Å²) in [5.74, 6) is -1.59. The lowest BCUT2D eigenvalue weighted by atomic mass is 9.99. The fraction of sp³-hybridized carbons (Fsp3) is 0.438. The smallest absolute Gasteiger partial charge is 0.325 e. The van der Waals surface area contributed by atoms with Crippen LogP contribution in [0.4, 0.5) is 0 Å². The number of nitriles is 1. The molecule has 0 aliphatic rings. The third kappa shape index (κ3) is 5.27. The van der Waals surface area contributed by atoms with E-state index in [2.05, 4.69) is 4.74 Å². The lowest BCUT2D eigenvalue weighted by Crippen LogP contribution is -2.40. The van der Waals surface area contributed by atoms with Crippen LogP contribution in [0, 0.1) is 17.2 Å². The molecule has 0 fully saturated rings. The standard InChI is InChI=1S/C16H20N2O3/c1-3-9-18(12-15(19)21-2)16(20)14(11-17)10-13-7-5-4-6-8-13/h4-8,14H,3,9-10,12H2,1-2H3. The van der Waals surface area contributed by atoms with Gasteiger partial charge in [0.25, 0.3) is 0 Å². The first-order chi connectivity index (χ1) is 10.1. The number of carbonyl (C=O) groups is 2. The van der Waals surface area contributed by atoms with E-state index in [4.69, 9.17) is 0 Å². The summed E-state index contributed by atoms with van der Waals surface area (Å²) in [4.78, 5) is 25.2. The number of benzene rings is 1. The lowest BCUT2D eigenvalue weighted by Gasteiger charge is -2.23. The third-order valence-electron chi connectivity index (χ3n) is 3.09. The van der Waals surface area contributed by atoms with Crippen LogP contribution in [0.2, 0.25) is 0 Å². The van der Waals surface area contributed by atoms with Gasteiger partial charge in [0, 0.05) is 6.54 Å². The van der Waals surface area contributed by atoms with E-state index in [0.29, 0.717) is 19.4 Å². The van der Waals surface area contributed by atoms with Crippen LogP contribution in [-0.2, 0) is 20.7 Å². The van der Waals surface area contributed by atoms with Crippen LogP contribution in [-0.4, -0.2) is 37.0 Å². The first-order valence-corrected chi connectivity index (χ1v) is 6.91. The first-order valence-electron chi connectivity index (χ1n) is 6.91. The molecule has 0 aromatic heterocycles. The Balaban J connectivity index is 2.79. The van der Waals surface area contributed by atoms with Crippen LogP contribution >= 0.6 is 0 Å². The molecule has 1 aromatic carbocycles. The van der Waals surface area contributed by atoms with Crippen molar-refractivity contribution in [3.8, 4) is 6.07 Å². The lowest BCUT2D eigenvalue weighted by molar-refractivity contribution is -0.147. The number of hydrogen-bond acceptors (Lipinski definition) is 4. The second kappa shape index (κ2) is 8.75. The minimum atomic E-state index is -0.788. The van der Waals surface area contributed by atoms with Gasteiger partial charge >= 0.3 is 5.97 Å². The van der Waals surface area contributed by atoms with Crippen LogP contribution in [0.5, 0.6) is 0 Å². The van der Waals surface area contributed by atoms with Crippen molar-refractivity contribution in [2.24, 2.45) is 5.92 Å². The average molecular weight is 288 g/mol. The second-order valence-electron chi connectivity index (χ2n) is 4.71. The molecule has 21 heavy (non-hydrogen) atoms. The van der Waals surface area contributed by atoms with Gasteiger partial charge in [-0.05, 0) is 18.4 Å². The number of rotatable bonds is 7. The average Bonchev–Trinajstić information content (AvgIpc) is 2.52. The molecule has 1 atom stereocenters. The van der Waals surface area contributed by atoms with Crippen LogP contribution in [0.25, 0.3) is 0 Å². The Labute approximate surface area is 125 Å². The van der Waals surface area contributed by atoms with Crippen molar-refractivity contribution in [2.45, 2.75) is 19.8 Å². The Hall–Kier alpha value is -2.35. The summed E-state index contributed by atoms with van der Waals surface area (Å²) in [7, 11) is 1.28. The van der Waals surface area contributed by atoms with Gasteiger partial charge in [-0.3, -0.25) is 9.59 Å². The third-order valence-corrected chi connectivity index (χ3v) is 3.09. The van der Waals surface area contributed by atoms with Crippen molar-refractivity contribution < 1.29 is 14.3 Å². The number of nitrogens with zero attached hydrogens (tertiary/aromatic N) is 2. The molecule has 0 heterocycles. The van der Waals surface area contributed by atoms with E-state index < -0.39 is 11.9 Å². The van der Waals surface area contributed by atoms with Gasteiger partial charge < -0.3 is 9.64 Å². The molecule has 0 N–H and O–H groups in total. The van der Waals surface area contributed by atoms with E-state index in [0.717, 1.165) is 5.56 Å². The molecular formula is C16H20N2O3. The van der Waals surface area contributed by atoms with Crippen LogP contribution in [0.3, 0.4) is 0 Å². The minimum Gasteiger partial charge on any atom is -0.468 e. The van der Waals surface area contributed by atoms with Crippen LogP contribution < -0.4 is 0 Å². The zero-order valence-electron chi connectivity index (χ0n) is 12.4. The minimum absolute atomic E-state index is 0.115. The summed E-state index contributed by atoms with van der Waals surface area (Å²) in [5, 5.41) is 9.25. The van der Waals surface area contributed by atoms with Crippen molar-refractivity contribution in [2.75, 3.05) is 20.2 Å². The largest absolute Gasteiger partial charge is 0.468 e. The Kier molecular flexibility index (Phi) is 6.96. The molecule has 1 rings (SSSR count). The number of amides is 1. The number of hydrogen-bond donors (Lipinski definition) is 0. The molecule has 1 aromatic rings. The summed E-state index contributed by atoms with van der Waals surface area (Å²) in [6.07, 6.45) is 1.06. The summed E-state index contributed by atoms with van der Waals surface area (Å²) < 4.78 is 4.59. The van der Waals surface area contributed by atoms with Gasteiger partial charge in [-0.1, -0.05) is 37.3 Å². The maximum Gasteiger partial charge on any atom is 0.325 e. The Bertz CT molecular complexity index is 508. The molecule has 5 heteroatoms. The summed E-state index contributed by atoms with van der Waals surface area (Å²) in [6.45, 7) is 2.23. The van der Waals surface area contributed by atoms with Gasteiger partial charge in [-0.2, -0.15) is 5.26 Å². The fourth-order valence-electron chi connectivity index (χ4n) is 2.02. The maximum atomic E-state index is 12.4. The predicted octanol–water partition coefficient (Wildman–Crippen LogP) is 1.78. The van der Waals surface area contributed by atoms with Gasteiger partial charge in [-0.15, -0.1) is 0 Å². The molecular weight excluding hydrogens is 268 g/mol. The van der Waals surface area contributed by atoms with Crippen LogP contribution in [0.15, 0.2) is 30.3 Å². The Morgan fingerprint density at radius 1 is 1.33 bits per heavy atom. The maximum absolute atomic E-state index is 12.4. The molecule has 0 radical (unpaired) electrons. The summed E-state index contributed by atoms with van der Waals surface area (Å²) in [6, 6.07) is 11.4. The van der Waals surface area contributed by atoms with Crippen molar-refractivity contribution in [1.29, 1.82) is 5.26 Å². The van der Waals surface area contributed by atoms with E-state index in [9.17, 15) is 14.9 Å². The number of methoxy groups -OCH3 is 1. The van der Waals surface area contributed by atoms with E-state index in [1.165, 1.54) is 12.0 Å². The second-order valence-corrected chi connectivity index (χ2v) is 4.71. The number of ether oxygens (including phenoxy) is 1. The van der Waals surface area contributed by atoms with Gasteiger partial charge in [0.15, 0.2) is 0 Å². The predicted molar refractivity (Wildman–Crippen MR) is 78.1 cm³/mol. The van der Waals surface area contributed by atoms with Crippen molar-refractivity contribution in [3.05, 3.63) is 35.9 Å². The molecule has 112 valence electrons. The van der Waals surface area contributed by atoms with Gasteiger partial charge in [-0.25, -0.2) is 0 Å². The SMILES string of the molecule is CCCN(CC(=O)OC)C(=O)C(C#N)Cc1ccccc1. The first kappa shape index (κ1) is 16.7. The fourth-order valence-corrected chi connectivity index (χ4v) is 2.02. The van der Waals surface area contributed by atoms with E-state index in [-0.39, 0.29) is 12.5 Å². The normalized spacial score (nSPS) is 11.3. The van der Waals surface area contributed by atoms with Crippen LogP contribution in [0.1, 0.15) is 18.9 Å². The number of carbonyl (C=O) groups excluding carboxylic acids is 2. The topological polar surface area (TPSA) is 70.4 Å². The van der Waals surface area contributed by atoms with Gasteiger partial charge in [0.05, 0.1) is 13.2 Å². The number of esters is 1. The highest BCUT2D eigenvalue weighted by Crippen LogP contribution is 2.12. The monoisotopic (exact) mass is 288 g/mol. The Morgan fingerprint density at radius 3 is 2.52 bits per heavy atom. The van der Waals surface area contributed by atoms with Gasteiger partial charge in [0.1, 0.15) is 12.5 Å². The van der Waals surface area contributed by atoms with E-state index >= 15 is 0 Å². The van der Waals surface area contributed by atoms with Gasteiger partial charge in [0.2, 0.25) is 5.91 Å². The van der Waals surface area contributed by atoms with Crippen molar-refractivity contribution >= 4 is 11.9 Å². The highest BCUT2D eigenvalue weighted by Gasteiger charge is 2.25. The van der Waals surface area contributed by atoms with E-state index in [1.807, 2.05) is 43.3 Å². The molecule has 0 spiro atoms. The molecule has 5 nitrogen and oxygen atoms in total. The molecule has 1 unspecified atom stereocenters. The molecule has 1 amide bonds. The summed E-state index contributed by atoms with van der Waals surface area (Å²) in [5.41, 5.74) is 0.923. The molecule has 0 saturated carbocycles. The molecule has 0 bridgehead atoms. The zero-order chi connectivity index (χ0) is 15.7. The zero-order valence-corrected chi connectivity index (χ0v) is 12.4. The van der Waals surface area contributed by atoms with E-state index in [1.54, 1.807) is 0 Å². The van der Waals surface area contributed by atoms with Crippen molar-refractivity contribution in [1.82, 2.24) is 4.90 Å². The highest BCUT2D eigenvalue weighted by molar-refractivity contribution is 5.85. The molecule has 0 saturated heterocycles. The molecule has 0 aliphatic carbocycles. The van der Waals surface area contributed by atoms with Crippen molar-refractivity contribution in [3.63, 3.8) is 0 Å². The molecule has 0 aliphatic heterocycles. The Morgan fingerprint density at radius 2 is 2.00 bits per heavy atom. The summed E-state index contributed by atoms with van der Waals surface area (Å²) >= 11 is 0.